The summed E-state index contributed by atoms with van der Waals surface area (Å²) in [5, 5.41) is 9.46. The number of carboxylic acid groups (broad SMARTS) is 1. The Morgan fingerprint density at radius 1 is 1.17 bits per heavy atom. The Hall–Kier alpha value is -3.36. The van der Waals surface area contributed by atoms with E-state index in [0.717, 1.165) is 59.6 Å². The van der Waals surface area contributed by atoms with Crippen molar-refractivity contribution in [3.8, 4) is 0 Å². The minimum absolute atomic E-state index is 0.0509. The highest BCUT2D eigenvalue weighted by Crippen LogP contribution is 2.40. The molecule has 1 aromatic carbocycles. The smallest absolute Gasteiger partial charge is 0.414 e. The number of imidazole rings is 1. The number of amides is 1. The molecule has 0 bridgehead atoms. The lowest BCUT2D eigenvalue weighted by atomic mass is 9.85. The second kappa shape index (κ2) is 9.36. The van der Waals surface area contributed by atoms with E-state index in [1.165, 1.54) is 7.11 Å². The van der Waals surface area contributed by atoms with Crippen LogP contribution in [0.5, 0.6) is 0 Å². The molecule has 1 unspecified atom stereocenters. The van der Waals surface area contributed by atoms with Crippen molar-refractivity contribution in [2.75, 3.05) is 12.0 Å². The zero-order valence-electron chi connectivity index (χ0n) is 20.5. The van der Waals surface area contributed by atoms with Gasteiger partial charge in [-0.05, 0) is 57.6 Å². The number of carbonyl (C=O) groups excluding carboxylic acids is 1. The van der Waals surface area contributed by atoms with Gasteiger partial charge in [-0.2, -0.15) is 0 Å². The van der Waals surface area contributed by atoms with Gasteiger partial charge in [0.15, 0.2) is 5.89 Å². The molecule has 2 aliphatic rings. The summed E-state index contributed by atoms with van der Waals surface area (Å²) in [6, 6.07) is 4.31. The minimum atomic E-state index is -0.703. The van der Waals surface area contributed by atoms with Crippen molar-refractivity contribution in [2.24, 2.45) is 5.92 Å². The summed E-state index contributed by atoms with van der Waals surface area (Å²) >= 11 is 0. The van der Waals surface area contributed by atoms with Crippen LogP contribution in [-0.2, 0) is 28.8 Å². The molecular weight excluding hydrogens is 448 g/mol. The number of hydrogen-bond donors (Lipinski definition) is 1. The molecule has 1 saturated carbocycles. The van der Waals surface area contributed by atoms with Gasteiger partial charge in [-0.1, -0.05) is 0 Å². The van der Waals surface area contributed by atoms with E-state index in [1.807, 2.05) is 19.9 Å². The number of aromatic nitrogens is 3. The number of anilines is 1. The van der Waals surface area contributed by atoms with Crippen molar-refractivity contribution in [1.29, 1.82) is 0 Å². The Kier molecular flexibility index (Phi) is 6.25. The second-order valence-corrected chi connectivity index (χ2v) is 9.75. The predicted octanol–water partition coefficient (Wildman–Crippen LogP) is 4.84. The van der Waals surface area contributed by atoms with Gasteiger partial charge in [0.1, 0.15) is 11.6 Å². The van der Waals surface area contributed by atoms with E-state index < -0.39 is 5.97 Å². The number of carboxylic acids is 1. The van der Waals surface area contributed by atoms with Crippen molar-refractivity contribution >= 4 is 28.8 Å². The molecule has 1 aliphatic carbocycles. The fourth-order valence-corrected chi connectivity index (χ4v) is 5.74. The van der Waals surface area contributed by atoms with Crippen molar-refractivity contribution in [3.63, 3.8) is 0 Å². The molecule has 5 rings (SSSR count). The summed E-state index contributed by atoms with van der Waals surface area (Å²) in [5.74, 6) is 1.45. The largest absolute Gasteiger partial charge is 0.481 e. The van der Waals surface area contributed by atoms with E-state index in [2.05, 4.69) is 15.6 Å². The highest BCUT2D eigenvalue weighted by atomic mass is 16.5. The fraction of sp³-hybridized carbons (Fsp3) is 0.538. The number of ether oxygens (including phenoxy) is 1. The molecule has 0 radical (unpaired) electrons. The number of oxazole rings is 1. The SMILES string of the molecule is COC(=O)N1c2ccc3c(nc(CCc4cnc(C)o4)n3C3CCC(C(=O)O)CC3)c2CCC1C. The first-order chi connectivity index (χ1) is 16.9. The fourth-order valence-electron chi connectivity index (χ4n) is 5.74. The monoisotopic (exact) mass is 480 g/mol. The summed E-state index contributed by atoms with van der Waals surface area (Å²) in [7, 11) is 1.41. The summed E-state index contributed by atoms with van der Waals surface area (Å²) in [4.78, 5) is 35.1. The Bertz CT molecular complexity index is 1250. The third-order valence-electron chi connectivity index (χ3n) is 7.57. The van der Waals surface area contributed by atoms with Gasteiger partial charge in [-0.3, -0.25) is 9.69 Å². The standard InChI is InChI=1S/C26H32N4O5/c1-15-4-10-20-21(29(15)26(33)34-3)11-12-22-24(20)28-23(13-9-19-14-27-16(2)35-19)30(22)18-7-5-17(6-8-18)25(31)32/h11-12,14-15,17-18H,4-10,13H2,1-3H3,(H,31,32). The number of methoxy groups -OCH3 is 1. The van der Waals surface area contributed by atoms with Crippen molar-refractivity contribution in [1.82, 2.24) is 14.5 Å². The zero-order valence-corrected chi connectivity index (χ0v) is 20.5. The molecule has 9 nitrogen and oxygen atoms in total. The van der Waals surface area contributed by atoms with E-state index in [1.54, 1.807) is 11.1 Å². The number of aliphatic carboxylic acids is 1. The molecular formula is C26H32N4O5. The zero-order chi connectivity index (χ0) is 24.7. The van der Waals surface area contributed by atoms with Crippen molar-refractivity contribution < 1.29 is 23.8 Å². The van der Waals surface area contributed by atoms with Crippen molar-refractivity contribution in [3.05, 3.63) is 41.4 Å². The van der Waals surface area contributed by atoms with Gasteiger partial charge in [0.05, 0.1) is 35.9 Å². The molecule has 1 fully saturated rings. The van der Waals surface area contributed by atoms with Crippen LogP contribution in [0.15, 0.2) is 22.7 Å². The highest BCUT2D eigenvalue weighted by Gasteiger charge is 2.33. The summed E-state index contributed by atoms with van der Waals surface area (Å²) in [6.45, 7) is 3.87. The Labute approximate surface area is 204 Å². The van der Waals surface area contributed by atoms with Gasteiger partial charge >= 0.3 is 12.1 Å². The van der Waals surface area contributed by atoms with Crippen LogP contribution < -0.4 is 4.90 Å². The van der Waals surface area contributed by atoms with Gasteiger partial charge in [0.2, 0.25) is 0 Å². The second-order valence-electron chi connectivity index (χ2n) is 9.75. The number of aryl methyl sites for hydroxylation is 4. The van der Waals surface area contributed by atoms with Crippen LogP contribution in [0.25, 0.3) is 11.0 Å². The van der Waals surface area contributed by atoms with Gasteiger partial charge in [-0.25, -0.2) is 14.8 Å². The predicted molar refractivity (Wildman–Crippen MR) is 130 cm³/mol. The first-order valence-electron chi connectivity index (χ1n) is 12.4. The van der Waals surface area contributed by atoms with Crippen LogP contribution in [0.4, 0.5) is 10.5 Å². The number of fused-ring (bicyclic) bond motifs is 3. The van der Waals surface area contributed by atoms with Gasteiger partial charge in [0, 0.05) is 37.4 Å². The Balaban J connectivity index is 1.56. The van der Waals surface area contributed by atoms with E-state index in [-0.39, 0.29) is 24.1 Å². The number of carbonyl (C=O) groups is 2. The molecule has 35 heavy (non-hydrogen) atoms. The maximum absolute atomic E-state index is 12.6. The van der Waals surface area contributed by atoms with Gasteiger partial charge in [0.25, 0.3) is 0 Å². The maximum atomic E-state index is 12.6. The molecule has 186 valence electrons. The number of hydrogen-bond acceptors (Lipinski definition) is 6. The van der Waals surface area contributed by atoms with Crippen LogP contribution in [0.1, 0.15) is 68.1 Å². The van der Waals surface area contributed by atoms with Crippen molar-refractivity contribution in [2.45, 2.75) is 77.3 Å². The molecule has 1 atom stereocenters. The van der Waals surface area contributed by atoms with E-state index >= 15 is 0 Å². The molecule has 0 saturated heterocycles. The van der Waals surface area contributed by atoms with E-state index in [9.17, 15) is 14.7 Å². The lowest BCUT2D eigenvalue weighted by Gasteiger charge is -2.34. The van der Waals surface area contributed by atoms with Crippen LogP contribution >= 0.6 is 0 Å². The quantitative estimate of drug-likeness (QED) is 0.556. The lowest BCUT2D eigenvalue weighted by Crippen LogP contribution is -2.42. The van der Waals surface area contributed by atoms with Crippen LogP contribution in [-0.4, -0.2) is 44.9 Å². The topological polar surface area (TPSA) is 111 Å². The molecule has 9 heteroatoms. The lowest BCUT2D eigenvalue weighted by molar-refractivity contribution is -0.143. The molecule has 2 aromatic heterocycles. The third kappa shape index (κ3) is 4.28. The summed E-state index contributed by atoms with van der Waals surface area (Å²) < 4.78 is 13.1. The third-order valence-corrected chi connectivity index (χ3v) is 7.57. The van der Waals surface area contributed by atoms with Crippen LogP contribution in [0.2, 0.25) is 0 Å². The Morgan fingerprint density at radius 2 is 1.94 bits per heavy atom. The minimum Gasteiger partial charge on any atom is -0.481 e. The summed E-state index contributed by atoms with van der Waals surface area (Å²) in [5.41, 5.74) is 3.90. The molecule has 1 N–H and O–H groups in total. The highest BCUT2D eigenvalue weighted by molar-refractivity contribution is 5.95. The van der Waals surface area contributed by atoms with Crippen LogP contribution in [0.3, 0.4) is 0 Å². The number of nitrogens with zero attached hydrogens (tertiary/aromatic N) is 4. The molecule has 3 aromatic rings. The first kappa shape index (κ1) is 23.4. The van der Waals surface area contributed by atoms with E-state index in [0.29, 0.717) is 31.6 Å². The molecule has 3 heterocycles. The molecule has 0 spiro atoms. The van der Waals surface area contributed by atoms with Crippen LogP contribution in [0, 0.1) is 12.8 Å². The molecule has 1 aliphatic heterocycles. The molecule has 1 amide bonds. The number of benzene rings is 1. The van der Waals surface area contributed by atoms with E-state index in [4.69, 9.17) is 14.1 Å². The first-order valence-corrected chi connectivity index (χ1v) is 12.4. The maximum Gasteiger partial charge on any atom is 0.414 e. The average Bonchev–Trinajstić information content (AvgIpc) is 3.45. The van der Waals surface area contributed by atoms with Gasteiger partial charge < -0.3 is 18.8 Å². The average molecular weight is 481 g/mol. The summed E-state index contributed by atoms with van der Waals surface area (Å²) in [6.07, 6.45) is 7.39. The normalized spacial score (nSPS) is 22.3. The van der Waals surface area contributed by atoms with Gasteiger partial charge in [-0.15, -0.1) is 0 Å². The Morgan fingerprint density at radius 3 is 2.60 bits per heavy atom. The number of rotatable bonds is 5.